The number of rotatable bonds is 4. The lowest BCUT2D eigenvalue weighted by molar-refractivity contribution is -0.138. The third-order valence-electron chi connectivity index (χ3n) is 5.14. The van der Waals surface area contributed by atoms with Crippen LogP contribution in [0.4, 0.5) is 18.0 Å². The summed E-state index contributed by atoms with van der Waals surface area (Å²) in [6.07, 6.45) is -2.79. The Labute approximate surface area is 166 Å². The zero-order valence-electron chi connectivity index (χ0n) is 16.0. The lowest BCUT2D eigenvalue weighted by Gasteiger charge is -2.37. The fraction of sp³-hybridized carbons (Fsp3) is 0.526. The van der Waals surface area contributed by atoms with E-state index < -0.39 is 35.6 Å². The molecule has 1 aliphatic heterocycles. The van der Waals surface area contributed by atoms with E-state index >= 15 is 0 Å². The highest BCUT2D eigenvalue weighted by molar-refractivity contribution is 5.97. The molecular weight excluding hydrogens is 389 g/mol. The average Bonchev–Trinajstić information content (AvgIpc) is 3.50. The van der Waals surface area contributed by atoms with Gasteiger partial charge in [0.25, 0.3) is 5.91 Å². The van der Waals surface area contributed by atoms with E-state index in [2.05, 4.69) is 10.6 Å². The first kappa shape index (κ1) is 21.1. The molecule has 0 radical (unpaired) electrons. The van der Waals surface area contributed by atoms with Crippen molar-refractivity contribution >= 4 is 17.8 Å². The minimum absolute atomic E-state index is 0.132. The predicted octanol–water partition coefficient (Wildman–Crippen LogP) is 1.84. The molecule has 2 aliphatic rings. The minimum atomic E-state index is -4.61. The summed E-state index contributed by atoms with van der Waals surface area (Å²) in [5.41, 5.74) is -1.34. The maximum atomic E-state index is 13.2. The standard InChI is InChI=1S/C19H23F3N4O3/c1-12(16(27)24-18(29)23-13-6-7-13)25-8-10-26(11-9-25)17(28)14-4-2-3-5-15(14)19(20,21)22/h2-5,12-13H,6-11H2,1H3,(H2,23,24,27,29)/t12-/m0/s1. The number of carbonyl (C=O) groups excluding carboxylic acids is 3. The summed E-state index contributed by atoms with van der Waals surface area (Å²) in [6.45, 7) is 2.67. The average molecular weight is 412 g/mol. The quantitative estimate of drug-likeness (QED) is 0.791. The molecule has 2 N–H and O–H groups in total. The molecule has 1 aromatic rings. The highest BCUT2D eigenvalue weighted by Gasteiger charge is 2.37. The van der Waals surface area contributed by atoms with E-state index in [0.717, 1.165) is 18.9 Å². The molecule has 1 aromatic carbocycles. The number of alkyl halides is 3. The van der Waals surface area contributed by atoms with Gasteiger partial charge in [-0.2, -0.15) is 13.2 Å². The van der Waals surface area contributed by atoms with Crippen molar-refractivity contribution in [3.8, 4) is 0 Å². The first-order chi connectivity index (χ1) is 13.7. The third-order valence-corrected chi connectivity index (χ3v) is 5.14. The van der Waals surface area contributed by atoms with Gasteiger partial charge in [-0.05, 0) is 31.9 Å². The Morgan fingerprint density at radius 3 is 2.28 bits per heavy atom. The van der Waals surface area contributed by atoms with Crippen LogP contribution in [0.1, 0.15) is 35.7 Å². The smallest absolute Gasteiger partial charge is 0.336 e. The van der Waals surface area contributed by atoms with Gasteiger partial charge >= 0.3 is 12.2 Å². The summed E-state index contributed by atoms with van der Waals surface area (Å²) in [7, 11) is 0. The van der Waals surface area contributed by atoms with Gasteiger partial charge in [0, 0.05) is 32.2 Å². The maximum absolute atomic E-state index is 13.2. The molecule has 3 rings (SSSR count). The normalized spacial score (nSPS) is 18.8. The van der Waals surface area contributed by atoms with Crippen LogP contribution < -0.4 is 10.6 Å². The Morgan fingerprint density at radius 1 is 1.07 bits per heavy atom. The number of piperazine rings is 1. The topological polar surface area (TPSA) is 81.8 Å². The van der Waals surface area contributed by atoms with Gasteiger partial charge in [0.15, 0.2) is 0 Å². The maximum Gasteiger partial charge on any atom is 0.417 e. The van der Waals surface area contributed by atoms with E-state index in [0.29, 0.717) is 13.1 Å². The lowest BCUT2D eigenvalue weighted by Crippen LogP contribution is -2.56. The van der Waals surface area contributed by atoms with E-state index in [4.69, 9.17) is 0 Å². The number of amides is 4. The van der Waals surface area contributed by atoms with Crippen LogP contribution in [-0.4, -0.2) is 65.9 Å². The van der Waals surface area contributed by atoms with E-state index in [9.17, 15) is 27.6 Å². The summed E-state index contributed by atoms with van der Waals surface area (Å²) in [5.74, 6) is -1.14. The van der Waals surface area contributed by atoms with E-state index in [-0.39, 0.29) is 24.7 Å². The molecule has 1 atom stereocenters. The Hall–Kier alpha value is -2.62. The van der Waals surface area contributed by atoms with Gasteiger partial charge in [-0.3, -0.25) is 19.8 Å². The van der Waals surface area contributed by atoms with Crippen LogP contribution in [0.3, 0.4) is 0 Å². The molecule has 158 valence electrons. The number of imide groups is 1. The van der Waals surface area contributed by atoms with Crippen LogP contribution in [0.2, 0.25) is 0 Å². The van der Waals surface area contributed by atoms with Crippen molar-refractivity contribution < 1.29 is 27.6 Å². The Morgan fingerprint density at radius 2 is 1.69 bits per heavy atom. The van der Waals surface area contributed by atoms with E-state index in [1.807, 2.05) is 0 Å². The Balaban J connectivity index is 1.55. The van der Waals surface area contributed by atoms with Gasteiger partial charge in [-0.1, -0.05) is 12.1 Å². The van der Waals surface area contributed by atoms with Crippen LogP contribution in [-0.2, 0) is 11.0 Å². The minimum Gasteiger partial charge on any atom is -0.336 e. The number of urea groups is 1. The largest absolute Gasteiger partial charge is 0.417 e. The van der Waals surface area contributed by atoms with Crippen molar-refractivity contribution in [1.29, 1.82) is 0 Å². The Kier molecular flexibility index (Phi) is 6.11. The van der Waals surface area contributed by atoms with Gasteiger partial charge < -0.3 is 10.2 Å². The zero-order chi connectivity index (χ0) is 21.2. The number of nitrogens with zero attached hydrogens (tertiary/aromatic N) is 2. The number of benzene rings is 1. The number of halogens is 3. The molecule has 0 aromatic heterocycles. The molecule has 7 nitrogen and oxygen atoms in total. The first-order valence-corrected chi connectivity index (χ1v) is 9.47. The van der Waals surface area contributed by atoms with Gasteiger partial charge in [0.2, 0.25) is 5.91 Å². The van der Waals surface area contributed by atoms with Crippen molar-refractivity contribution in [1.82, 2.24) is 20.4 Å². The van der Waals surface area contributed by atoms with Crippen LogP contribution in [0, 0.1) is 0 Å². The molecule has 2 fully saturated rings. The van der Waals surface area contributed by atoms with Crippen LogP contribution in [0.15, 0.2) is 24.3 Å². The number of carbonyl (C=O) groups is 3. The second-order valence-electron chi connectivity index (χ2n) is 7.28. The van der Waals surface area contributed by atoms with Crippen molar-refractivity contribution in [2.45, 2.75) is 38.0 Å². The molecular formula is C19H23F3N4O3. The summed E-state index contributed by atoms with van der Waals surface area (Å²) in [5, 5.41) is 4.96. The molecule has 1 saturated heterocycles. The SMILES string of the molecule is C[C@@H](C(=O)NC(=O)NC1CC1)N1CCN(C(=O)c2ccccc2C(F)(F)F)CC1. The monoisotopic (exact) mass is 412 g/mol. The fourth-order valence-electron chi connectivity index (χ4n) is 3.23. The van der Waals surface area contributed by atoms with Crippen molar-refractivity contribution in [3.05, 3.63) is 35.4 Å². The molecule has 4 amide bonds. The Bertz CT molecular complexity index is 787. The molecule has 1 aliphatic carbocycles. The second-order valence-corrected chi connectivity index (χ2v) is 7.28. The molecule has 0 bridgehead atoms. The van der Waals surface area contributed by atoms with Crippen molar-refractivity contribution in [2.24, 2.45) is 0 Å². The summed E-state index contributed by atoms with van der Waals surface area (Å²) >= 11 is 0. The first-order valence-electron chi connectivity index (χ1n) is 9.47. The zero-order valence-corrected chi connectivity index (χ0v) is 16.0. The van der Waals surface area contributed by atoms with Crippen molar-refractivity contribution in [3.63, 3.8) is 0 Å². The van der Waals surface area contributed by atoms with Gasteiger partial charge in [0.05, 0.1) is 17.2 Å². The highest BCUT2D eigenvalue weighted by Crippen LogP contribution is 2.32. The fourth-order valence-corrected chi connectivity index (χ4v) is 3.23. The van der Waals surface area contributed by atoms with Crippen LogP contribution >= 0.6 is 0 Å². The molecule has 10 heteroatoms. The van der Waals surface area contributed by atoms with E-state index in [1.165, 1.54) is 23.1 Å². The third kappa shape index (κ3) is 5.26. The van der Waals surface area contributed by atoms with Crippen molar-refractivity contribution in [2.75, 3.05) is 26.2 Å². The number of hydrogen-bond donors (Lipinski definition) is 2. The number of nitrogens with one attached hydrogen (secondary N) is 2. The van der Waals surface area contributed by atoms with Gasteiger partial charge in [-0.15, -0.1) is 0 Å². The number of hydrogen-bond acceptors (Lipinski definition) is 4. The molecule has 0 spiro atoms. The predicted molar refractivity (Wildman–Crippen MR) is 98.1 cm³/mol. The molecule has 0 unspecified atom stereocenters. The second kappa shape index (κ2) is 8.40. The lowest BCUT2D eigenvalue weighted by atomic mass is 10.1. The van der Waals surface area contributed by atoms with E-state index in [1.54, 1.807) is 11.8 Å². The highest BCUT2D eigenvalue weighted by atomic mass is 19.4. The van der Waals surface area contributed by atoms with Gasteiger partial charge in [-0.25, -0.2) is 4.79 Å². The summed E-state index contributed by atoms with van der Waals surface area (Å²) in [6, 6.07) is 3.72. The molecule has 1 heterocycles. The molecule has 1 saturated carbocycles. The van der Waals surface area contributed by atoms with Crippen LogP contribution in [0.25, 0.3) is 0 Å². The summed E-state index contributed by atoms with van der Waals surface area (Å²) < 4.78 is 39.5. The summed E-state index contributed by atoms with van der Waals surface area (Å²) in [4.78, 5) is 39.7. The van der Waals surface area contributed by atoms with Gasteiger partial charge in [0.1, 0.15) is 0 Å². The van der Waals surface area contributed by atoms with Crippen LogP contribution in [0.5, 0.6) is 0 Å². The molecule has 29 heavy (non-hydrogen) atoms.